The molecule has 0 aromatic rings. The van der Waals surface area contributed by atoms with E-state index in [4.69, 9.17) is 15.2 Å². The number of methoxy groups -OCH3 is 1. The summed E-state index contributed by atoms with van der Waals surface area (Å²) in [5.74, 6) is 0. The van der Waals surface area contributed by atoms with Crippen LogP contribution in [0.15, 0.2) is 0 Å². The van der Waals surface area contributed by atoms with Crippen molar-refractivity contribution in [1.82, 2.24) is 0 Å². The fourth-order valence-electron chi connectivity index (χ4n) is 2.49. The Morgan fingerprint density at radius 3 is 2.47 bits per heavy atom. The summed E-state index contributed by atoms with van der Waals surface area (Å²) in [6, 6.07) is 0. The number of rotatable bonds is 5. The molecule has 0 aliphatic carbocycles. The first-order valence-corrected chi connectivity index (χ1v) is 5.63. The minimum atomic E-state index is -0.819. The van der Waals surface area contributed by atoms with Crippen molar-refractivity contribution in [1.29, 1.82) is 0 Å². The zero-order valence-electron chi connectivity index (χ0n) is 9.79. The van der Waals surface area contributed by atoms with Gasteiger partial charge in [-0.2, -0.15) is 0 Å². The molecule has 1 aliphatic heterocycles. The van der Waals surface area contributed by atoms with E-state index in [-0.39, 0.29) is 5.41 Å². The highest BCUT2D eigenvalue weighted by Gasteiger charge is 2.48. The van der Waals surface area contributed by atoms with E-state index < -0.39 is 5.60 Å². The van der Waals surface area contributed by atoms with Crippen molar-refractivity contribution in [3.8, 4) is 0 Å². The summed E-state index contributed by atoms with van der Waals surface area (Å²) in [6.07, 6.45) is 2.30. The summed E-state index contributed by atoms with van der Waals surface area (Å²) in [5, 5.41) is 10.6. The summed E-state index contributed by atoms with van der Waals surface area (Å²) >= 11 is 0. The Hall–Kier alpha value is -0.160. The van der Waals surface area contributed by atoms with Crippen molar-refractivity contribution in [2.24, 2.45) is 11.1 Å². The van der Waals surface area contributed by atoms with Gasteiger partial charge in [0, 0.05) is 32.3 Å². The van der Waals surface area contributed by atoms with Crippen LogP contribution in [0.5, 0.6) is 0 Å². The normalized spacial score (nSPS) is 24.8. The molecule has 1 aliphatic rings. The highest BCUT2D eigenvalue weighted by molar-refractivity contribution is 5.00. The predicted octanol–water partition coefficient (Wildman–Crippen LogP) is 0.529. The quantitative estimate of drug-likeness (QED) is 0.705. The largest absolute Gasteiger partial charge is 0.387 e. The lowest BCUT2D eigenvalue weighted by atomic mass is 9.66. The number of hydrogen-bond acceptors (Lipinski definition) is 4. The molecule has 0 saturated carbocycles. The third-order valence-electron chi connectivity index (χ3n) is 3.80. The molecule has 1 rings (SSSR count). The van der Waals surface area contributed by atoms with E-state index in [0.717, 1.165) is 12.8 Å². The van der Waals surface area contributed by atoms with Gasteiger partial charge >= 0.3 is 0 Å². The summed E-state index contributed by atoms with van der Waals surface area (Å²) in [7, 11) is 1.62. The Morgan fingerprint density at radius 2 is 2.07 bits per heavy atom. The third kappa shape index (κ3) is 2.33. The Balaban J connectivity index is 2.84. The van der Waals surface area contributed by atoms with Gasteiger partial charge in [-0.25, -0.2) is 0 Å². The summed E-state index contributed by atoms with van der Waals surface area (Å²) in [6.45, 7) is 4.18. The average molecular weight is 217 g/mol. The van der Waals surface area contributed by atoms with Crippen LogP contribution < -0.4 is 5.73 Å². The van der Waals surface area contributed by atoms with Gasteiger partial charge in [-0.1, -0.05) is 6.92 Å². The molecule has 0 spiro atoms. The van der Waals surface area contributed by atoms with Crippen LogP contribution >= 0.6 is 0 Å². The van der Waals surface area contributed by atoms with Gasteiger partial charge in [0.05, 0.1) is 12.2 Å². The Kier molecular flexibility index (Phi) is 4.52. The molecule has 1 unspecified atom stereocenters. The number of nitrogens with two attached hydrogens (primary N) is 1. The molecule has 0 aromatic heterocycles. The second kappa shape index (κ2) is 5.25. The van der Waals surface area contributed by atoms with E-state index in [2.05, 4.69) is 0 Å². The van der Waals surface area contributed by atoms with Gasteiger partial charge in [0.2, 0.25) is 0 Å². The van der Waals surface area contributed by atoms with Gasteiger partial charge in [0.15, 0.2) is 0 Å². The van der Waals surface area contributed by atoms with Crippen molar-refractivity contribution < 1.29 is 14.6 Å². The summed E-state index contributed by atoms with van der Waals surface area (Å²) in [4.78, 5) is 0. The van der Waals surface area contributed by atoms with Gasteiger partial charge < -0.3 is 20.3 Å². The molecule has 90 valence electrons. The molecular weight excluding hydrogens is 194 g/mol. The number of hydrogen-bond donors (Lipinski definition) is 2. The first-order chi connectivity index (χ1) is 7.14. The SMILES string of the molecule is CCC(O)(COC)C1(CN)CCOCC1. The topological polar surface area (TPSA) is 64.7 Å². The molecule has 4 nitrogen and oxygen atoms in total. The van der Waals surface area contributed by atoms with Crippen LogP contribution in [0.3, 0.4) is 0 Å². The molecule has 1 fully saturated rings. The van der Waals surface area contributed by atoms with Crippen molar-refractivity contribution in [2.75, 3.05) is 33.5 Å². The maximum Gasteiger partial charge on any atom is 0.0946 e. The van der Waals surface area contributed by atoms with Gasteiger partial charge in [0.1, 0.15) is 0 Å². The van der Waals surface area contributed by atoms with Crippen molar-refractivity contribution in [2.45, 2.75) is 31.8 Å². The highest BCUT2D eigenvalue weighted by Crippen LogP contribution is 2.42. The van der Waals surface area contributed by atoms with Crippen LogP contribution in [0.4, 0.5) is 0 Å². The molecule has 0 radical (unpaired) electrons. The van der Waals surface area contributed by atoms with E-state index in [1.54, 1.807) is 7.11 Å². The average Bonchev–Trinajstić information content (AvgIpc) is 2.30. The third-order valence-corrected chi connectivity index (χ3v) is 3.80. The molecule has 1 atom stereocenters. The zero-order chi connectivity index (χ0) is 11.4. The molecule has 0 bridgehead atoms. The molecule has 4 heteroatoms. The zero-order valence-corrected chi connectivity index (χ0v) is 9.79. The molecule has 1 heterocycles. The van der Waals surface area contributed by atoms with E-state index in [1.807, 2.05) is 6.92 Å². The Labute approximate surface area is 91.7 Å². The van der Waals surface area contributed by atoms with Crippen LogP contribution in [0.25, 0.3) is 0 Å². The van der Waals surface area contributed by atoms with Gasteiger partial charge in [-0.15, -0.1) is 0 Å². The minimum absolute atomic E-state index is 0.240. The molecule has 15 heavy (non-hydrogen) atoms. The van der Waals surface area contributed by atoms with Crippen LogP contribution in [-0.2, 0) is 9.47 Å². The van der Waals surface area contributed by atoms with Gasteiger partial charge in [-0.3, -0.25) is 0 Å². The lowest BCUT2D eigenvalue weighted by molar-refractivity contribution is -0.158. The maximum atomic E-state index is 10.6. The summed E-state index contributed by atoms with van der Waals surface area (Å²) in [5.41, 5.74) is 4.80. The van der Waals surface area contributed by atoms with Crippen LogP contribution in [0, 0.1) is 5.41 Å². The monoisotopic (exact) mass is 217 g/mol. The number of ether oxygens (including phenoxy) is 2. The van der Waals surface area contributed by atoms with Gasteiger partial charge in [0.25, 0.3) is 0 Å². The first-order valence-electron chi connectivity index (χ1n) is 5.63. The Bertz CT molecular complexity index is 192. The van der Waals surface area contributed by atoms with Crippen LogP contribution in [-0.4, -0.2) is 44.2 Å². The minimum Gasteiger partial charge on any atom is -0.387 e. The van der Waals surface area contributed by atoms with Crippen molar-refractivity contribution >= 4 is 0 Å². The molecular formula is C11H23NO3. The number of aliphatic hydroxyl groups is 1. The molecule has 3 N–H and O–H groups in total. The van der Waals surface area contributed by atoms with Crippen LogP contribution in [0.2, 0.25) is 0 Å². The lowest BCUT2D eigenvalue weighted by Crippen LogP contribution is -2.57. The molecule has 0 amide bonds. The van der Waals surface area contributed by atoms with Crippen LogP contribution in [0.1, 0.15) is 26.2 Å². The summed E-state index contributed by atoms with van der Waals surface area (Å²) < 4.78 is 10.5. The molecule has 0 aromatic carbocycles. The lowest BCUT2D eigenvalue weighted by Gasteiger charge is -2.48. The Morgan fingerprint density at radius 1 is 1.47 bits per heavy atom. The fraction of sp³-hybridized carbons (Fsp3) is 1.00. The predicted molar refractivity (Wildman–Crippen MR) is 58.7 cm³/mol. The van der Waals surface area contributed by atoms with Crippen molar-refractivity contribution in [3.05, 3.63) is 0 Å². The molecule has 1 saturated heterocycles. The van der Waals surface area contributed by atoms with Crippen molar-refractivity contribution in [3.63, 3.8) is 0 Å². The van der Waals surface area contributed by atoms with Gasteiger partial charge in [-0.05, 0) is 19.3 Å². The second-order valence-corrected chi connectivity index (χ2v) is 4.41. The maximum absolute atomic E-state index is 10.6. The van der Waals surface area contributed by atoms with E-state index >= 15 is 0 Å². The van der Waals surface area contributed by atoms with E-state index in [9.17, 15) is 5.11 Å². The second-order valence-electron chi connectivity index (χ2n) is 4.41. The fourth-order valence-corrected chi connectivity index (χ4v) is 2.49. The standard InChI is InChI=1S/C11H23NO3/c1-3-11(13,9-14-2)10(8-12)4-6-15-7-5-10/h13H,3-9,12H2,1-2H3. The van der Waals surface area contributed by atoms with E-state index in [0.29, 0.717) is 32.8 Å². The first kappa shape index (κ1) is 12.9. The van der Waals surface area contributed by atoms with E-state index in [1.165, 1.54) is 0 Å². The highest BCUT2D eigenvalue weighted by atomic mass is 16.5. The smallest absolute Gasteiger partial charge is 0.0946 e.